The molecular weight excluding hydrogens is 330 g/mol. The van der Waals surface area contributed by atoms with Gasteiger partial charge in [0.1, 0.15) is 5.92 Å². The largest absolute Gasteiger partial charge is 0.493 e. The summed E-state index contributed by atoms with van der Waals surface area (Å²) in [6.45, 7) is 0. The molecule has 5 nitrogen and oxygen atoms in total. The van der Waals surface area contributed by atoms with Gasteiger partial charge in [-0.05, 0) is 29.8 Å². The third-order valence-electron chi connectivity index (χ3n) is 3.54. The number of nitrogens with zero attached hydrogens (tertiary/aromatic N) is 1. The lowest BCUT2D eigenvalue weighted by Gasteiger charge is -2.15. The number of Topliss-reactive ketones (excluding diaryl/α,β-unsaturated/α-hetero) is 1. The van der Waals surface area contributed by atoms with Gasteiger partial charge in [0.2, 0.25) is 5.75 Å². The molecule has 0 aliphatic heterocycles. The lowest BCUT2D eigenvalue weighted by molar-refractivity contribution is 0.0978. The van der Waals surface area contributed by atoms with Crippen LogP contribution in [-0.4, -0.2) is 27.1 Å². The highest BCUT2D eigenvalue weighted by atomic mass is 35.5. The van der Waals surface area contributed by atoms with E-state index in [0.29, 0.717) is 33.4 Å². The molecule has 6 heteroatoms. The highest BCUT2D eigenvalue weighted by molar-refractivity contribution is 6.30. The molecule has 124 valence electrons. The van der Waals surface area contributed by atoms with Gasteiger partial charge in [-0.25, -0.2) is 0 Å². The van der Waals surface area contributed by atoms with E-state index in [4.69, 9.17) is 25.8 Å². The van der Waals surface area contributed by atoms with Crippen LogP contribution >= 0.6 is 11.6 Å². The van der Waals surface area contributed by atoms with Gasteiger partial charge in [-0.2, -0.15) is 5.26 Å². The average molecular weight is 346 g/mol. The summed E-state index contributed by atoms with van der Waals surface area (Å²) in [6.07, 6.45) is 0. The fraction of sp³-hybridized carbons (Fsp3) is 0.222. The molecule has 0 heterocycles. The van der Waals surface area contributed by atoms with E-state index in [1.807, 2.05) is 6.07 Å². The van der Waals surface area contributed by atoms with Crippen LogP contribution in [0.4, 0.5) is 0 Å². The highest BCUT2D eigenvalue weighted by Crippen LogP contribution is 2.39. The van der Waals surface area contributed by atoms with E-state index in [0.717, 1.165) is 0 Å². The lowest BCUT2D eigenvalue weighted by Crippen LogP contribution is -2.12. The van der Waals surface area contributed by atoms with E-state index in [1.165, 1.54) is 33.5 Å². The second-order valence-corrected chi connectivity index (χ2v) is 5.33. The molecule has 0 amide bonds. The van der Waals surface area contributed by atoms with Gasteiger partial charge in [-0.1, -0.05) is 23.7 Å². The topological polar surface area (TPSA) is 68.6 Å². The number of methoxy groups -OCH3 is 3. The first-order valence-electron chi connectivity index (χ1n) is 7.05. The summed E-state index contributed by atoms with van der Waals surface area (Å²) in [7, 11) is 4.41. The normalized spacial score (nSPS) is 11.3. The number of halogens is 1. The van der Waals surface area contributed by atoms with Crippen molar-refractivity contribution >= 4 is 17.4 Å². The fourth-order valence-electron chi connectivity index (χ4n) is 2.33. The van der Waals surface area contributed by atoms with Crippen molar-refractivity contribution in [1.29, 1.82) is 5.26 Å². The fourth-order valence-corrected chi connectivity index (χ4v) is 2.46. The molecule has 24 heavy (non-hydrogen) atoms. The SMILES string of the molecule is COc1cc(C(=O)C(C#N)c2ccc(Cl)cc2)cc(OC)c1OC. The van der Waals surface area contributed by atoms with Crippen LogP contribution in [0.25, 0.3) is 0 Å². The van der Waals surface area contributed by atoms with Crippen LogP contribution in [0.2, 0.25) is 5.02 Å². The maximum absolute atomic E-state index is 12.8. The molecule has 0 spiro atoms. The third kappa shape index (κ3) is 3.44. The van der Waals surface area contributed by atoms with Gasteiger partial charge in [-0.3, -0.25) is 4.79 Å². The number of ketones is 1. The minimum Gasteiger partial charge on any atom is -0.493 e. The Kier molecular flexibility index (Phi) is 5.67. The molecule has 2 aromatic rings. The monoisotopic (exact) mass is 345 g/mol. The highest BCUT2D eigenvalue weighted by Gasteiger charge is 2.25. The first kappa shape index (κ1) is 17.6. The minimum atomic E-state index is -0.954. The molecule has 1 atom stereocenters. The minimum absolute atomic E-state index is 0.297. The third-order valence-corrected chi connectivity index (χ3v) is 3.80. The van der Waals surface area contributed by atoms with E-state index in [-0.39, 0.29) is 5.78 Å². The van der Waals surface area contributed by atoms with Crippen LogP contribution in [0.3, 0.4) is 0 Å². The zero-order valence-corrected chi connectivity index (χ0v) is 14.3. The summed E-state index contributed by atoms with van der Waals surface area (Å²) in [6, 6.07) is 11.7. The molecule has 0 aliphatic carbocycles. The molecule has 0 aliphatic rings. The Hall–Kier alpha value is -2.71. The second-order valence-electron chi connectivity index (χ2n) is 4.89. The summed E-state index contributed by atoms with van der Waals surface area (Å²) in [5, 5.41) is 9.98. The molecule has 0 bridgehead atoms. The zero-order chi connectivity index (χ0) is 17.7. The number of carbonyl (C=O) groups excluding carboxylic acids is 1. The van der Waals surface area contributed by atoms with Crippen molar-refractivity contribution < 1.29 is 19.0 Å². The summed E-state index contributed by atoms with van der Waals surface area (Å²) in [5.41, 5.74) is 0.867. The van der Waals surface area contributed by atoms with Crippen molar-refractivity contribution in [3.63, 3.8) is 0 Å². The van der Waals surface area contributed by atoms with Crippen LogP contribution in [0.15, 0.2) is 36.4 Å². The van der Waals surface area contributed by atoms with Crippen molar-refractivity contribution in [3.8, 4) is 23.3 Å². The Morgan fingerprint density at radius 2 is 1.58 bits per heavy atom. The van der Waals surface area contributed by atoms with Gasteiger partial charge in [0.05, 0.1) is 27.4 Å². The van der Waals surface area contributed by atoms with Crippen molar-refractivity contribution in [1.82, 2.24) is 0 Å². The van der Waals surface area contributed by atoms with Crippen LogP contribution in [0, 0.1) is 11.3 Å². The van der Waals surface area contributed by atoms with Crippen LogP contribution in [0.5, 0.6) is 17.2 Å². The quantitative estimate of drug-likeness (QED) is 0.744. The Balaban J connectivity index is 2.47. The summed E-state index contributed by atoms with van der Waals surface area (Å²) in [4.78, 5) is 12.8. The maximum Gasteiger partial charge on any atom is 0.203 e. The summed E-state index contributed by atoms with van der Waals surface area (Å²) in [5.74, 6) is -0.221. The molecule has 0 N–H and O–H groups in total. The molecule has 0 saturated carbocycles. The van der Waals surface area contributed by atoms with Crippen LogP contribution in [-0.2, 0) is 0 Å². The smallest absolute Gasteiger partial charge is 0.203 e. The molecule has 0 aromatic heterocycles. The molecule has 0 saturated heterocycles. The lowest BCUT2D eigenvalue weighted by atomic mass is 9.91. The molecule has 2 rings (SSSR count). The van der Waals surface area contributed by atoms with Crippen molar-refractivity contribution in [2.75, 3.05) is 21.3 Å². The van der Waals surface area contributed by atoms with Crippen LogP contribution < -0.4 is 14.2 Å². The number of hydrogen-bond donors (Lipinski definition) is 0. The zero-order valence-electron chi connectivity index (χ0n) is 13.5. The maximum atomic E-state index is 12.8. The van der Waals surface area contributed by atoms with Crippen molar-refractivity contribution in [3.05, 3.63) is 52.5 Å². The standard InChI is InChI=1S/C18H16ClNO4/c1-22-15-8-12(9-16(23-2)18(15)24-3)17(21)14(10-20)11-4-6-13(19)7-5-11/h4-9,14H,1-3H3. The first-order valence-corrected chi connectivity index (χ1v) is 7.42. The predicted molar refractivity (Wildman–Crippen MR) is 90.2 cm³/mol. The molecular formula is C18H16ClNO4. The summed E-state index contributed by atoms with van der Waals surface area (Å²) < 4.78 is 15.7. The number of hydrogen-bond acceptors (Lipinski definition) is 5. The van der Waals surface area contributed by atoms with Gasteiger partial charge in [0, 0.05) is 10.6 Å². The molecule has 0 fully saturated rings. The van der Waals surface area contributed by atoms with Crippen LogP contribution in [0.1, 0.15) is 21.8 Å². The number of rotatable bonds is 6. The Bertz CT molecular complexity index is 756. The van der Waals surface area contributed by atoms with Gasteiger partial charge in [0.15, 0.2) is 17.3 Å². The van der Waals surface area contributed by atoms with E-state index >= 15 is 0 Å². The summed E-state index contributed by atoms with van der Waals surface area (Å²) >= 11 is 5.85. The van der Waals surface area contributed by atoms with E-state index in [1.54, 1.807) is 24.3 Å². The van der Waals surface area contributed by atoms with E-state index < -0.39 is 5.92 Å². The molecule has 1 unspecified atom stereocenters. The first-order chi connectivity index (χ1) is 11.5. The van der Waals surface area contributed by atoms with Gasteiger partial charge < -0.3 is 14.2 Å². The van der Waals surface area contributed by atoms with Gasteiger partial charge in [-0.15, -0.1) is 0 Å². The Labute approximate surface area is 145 Å². The molecule has 0 radical (unpaired) electrons. The Morgan fingerprint density at radius 3 is 2.00 bits per heavy atom. The average Bonchev–Trinajstić information content (AvgIpc) is 2.62. The predicted octanol–water partition coefficient (Wildman–Crippen LogP) is 3.86. The molecule has 2 aromatic carbocycles. The van der Waals surface area contributed by atoms with Crippen molar-refractivity contribution in [2.24, 2.45) is 0 Å². The van der Waals surface area contributed by atoms with Crippen molar-refractivity contribution in [2.45, 2.75) is 5.92 Å². The van der Waals surface area contributed by atoms with E-state index in [2.05, 4.69) is 0 Å². The number of carbonyl (C=O) groups is 1. The van der Waals surface area contributed by atoms with E-state index in [9.17, 15) is 10.1 Å². The number of nitriles is 1. The number of ether oxygens (including phenoxy) is 3. The van der Waals surface area contributed by atoms with Gasteiger partial charge in [0.25, 0.3) is 0 Å². The Morgan fingerprint density at radius 1 is 1.04 bits per heavy atom. The second kappa shape index (κ2) is 7.71. The number of benzene rings is 2. The van der Waals surface area contributed by atoms with Gasteiger partial charge >= 0.3 is 0 Å².